The van der Waals surface area contributed by atoms with Gasteiger partial charge in [0, 0.05) is 50.0 Å². The molecule has 1 fully saturated rings. The minimum atomic E-state index is 0.0591. The molecular formula is C19H27N5OS. The molecular weight excluding hydrogens is 346 g/mol. The molecule has 1 saturated heterocycles. The summed E-state index contributed by atoms with van der Waals surface area (Å²) >= 11 is 1.61. The lowest BCUT2D eigenvalue weighted by molar-refractivity contribution is 0.0955. The van der Waals surface area contributed by atoms with Crippen LogP contribution in [0.5, 0.6) is 0 Å². The Hall–Kier alpha value is -1.99. The fourth-order valence-electron chi connectivity index (χ4n) is 3.20. The van der Waals surface area contributed by atoms with E-state index in [0.29, 0.717) is 0 Å². The summed E-state index contributed by atoms with van der Waals surface area (Å²) < 4.78 is 0. The second-order valence-corrected chi connectivity index (χ2v) is 7.69. The Morgan fingerprint density at radius 3 is 2.62 bits per heavy atom. The van der Waals surface area contributed by atoms with Gasteiger partial charge in [-0.15, -0.1) is 11.3 Å². The van der Waals surface area contributed by atoms with E-state index < -0.39 is 0 Å². The number of nitrogens with zero attached hydrogens (tertiary/aromatic N) is 4. The Balaban J connectivity index is 1.35. The Labute approximate surface area is 159 Å². The van der Waals surface area contributed by atoms with Gasteiger partial charge in [-0.25, -0.2) is 9.97 Å². The van der Waals surface area contributed by atoms with Gasteiger partial charge in [-0.1, -0.05) is 6.92 Å². The van der Waals surface area contributed by atoms with Crippen molar-refractivity contribution in [3.63, 3.8) is 0 Å². The summed E-state index contributed by atoms with van der Waals surface area (Å²) in [6.45, 7) is 9.85. The molecule has 2 aromatic rings. The SMILES string of the molecule is CCc1sc(C(=O)NCCCN2CCN(c3ncccn3)CC2)cc1C. The second-order valence-electron chi connectivity index (χ2n) is 6.56. The predicted molar refractivity (Wildman–Crippen MR) is 106 cm³/mol. The molecule has 1 N–H and O–H groups in total. The first-order valence-electron chi connectivity index (χ1n) is 9.29. The number of thiophene rings is 1. The average molecular weight is 374 g/mol. The summed E-state index contributed by atoms with van der Waals surface area (Å²) in [5.41, 5.74) is 1.22. The van der Waals surface area contributed by atoms with Crippen LogP contribution in [0, 0.1) is 6.92 Å². The molecule has 0 spiro atoms. The standard InChI is InChI=1S/C19H27N5OS/c1-3-16-15(2)14-17(26-16)18(25)20-8-5-9-23-10-12-24(13-11-23)19-21-6-4-7-22-19/h4,6-7,14H,3,5,8-13H2,1-2H3,(H,20,25). The molecule has 140 valence electrons. The van der Waals surface area contributed by atoms with E-state index in [0.717, 1.165) is 62.9 Å². The number of nitrogens with one attached hydrogen (secondary N) is 1. The van der Waals surface area contributed by atoms with Crippen molar-refractivity contribution in [2.45, 2.75) is 26.7 Å². The summed E-state index contributed by atoms with van der Waals surface area (Å²) in [6.07, 6.45) is 5.54. The normalized spacial score (nSPS) is 15.2. The van der Waals surface area contributed by atoms with Crippen LogP contribution in [0.15, 0.2) is 24.5 Å². The number of aryl methyl sites for hydroxylation is 2. The molecule has 0 radical (unpaired) electrons. The zero-order chi connectivity index (χ0) is 18.4. The maximum absolute atomic E-state index is 12.2. The van der Waals surface area contributed by atoms with Crippen molar-refractivity contribution in [3.05, 3.63) is 39.8 Å². The van der Waals surface area contributed by atoms with Crippen LogP contribution >= 0.6 is 11.3 Å². The molecule has 0 bridgehead atoms. The van der Waals surface area contributed by atoms with E-state index in [4.69, 9.17) is 0 Å². The lowest BCUT2D eigenvalue weighted by Gasteiger charge is -2.34. The number of anilines is 1. The maximum atomic E-state index is 12.2. The molecule has 0 atom stereocenters. The van der Waals surface area contributed by atoms with E-state index >= 15 is 0 Å². The van der Waals surface area contributed by atoms with Crippen LogP contribution in [0.2, 0.25) is 0 Å². The first kappa shape index (κ1) is 18.8. The quantitative estimate of drug-likeness (QED) is 0.755. The molecule has 3 heterocycles. The van der Waals surface area contributed by atoms with Crippen molar-refractivity contribution in [3.8, 4) is 0 Å². The van der Waals surface area contributed by atoms with Gasteiger partial charge in [0.25, 0.3) is 5.91 Å². The van der Waals surface area contributed by atoms with E-state index in [9.17, 15) is 4.79 Å². The van der Waals surface area contributed by atoms with Gasteiger partial charge >= 0.3 is 0 Å². The molecule has 7 heteroatoms. The molecule has 2 aromatic heterocycles. The van der Waals surface area contributed by atoms with Crippen LogP contribution in [0.4, 0.5) is 5.95 Å². The number of amides is 1. The van der Waals surface area contributed by atoms with Crippen LogP contribution in [-0.2, 0) is 6.42 Å². The second kappa shape index (κ2) is 9.09. The highest BCUT2D eigenvalue weighted by Gasteiger charge is 2.18. The summed E-state index contributed by atoms with van der Waals surface area (Å²) in [5, 5.41) is 3.05. The van der Waals surface area contributed by atoms with E-state index in [2.05, 4.69) is 38.9 Å². The van der Waals surface area contributed by atoms with E-state index in [1.807, 2.05) is 12.1 Å². The van der Waals surface area contributed by atoms with Gasteiger partial charge < -0.3 is 10.2 Å². The number of hydrogen-bond donors (Lipinski definition) is 1. The largest absolute Gasteiger partial charge is 0.351 e. The zero-order valence-corrected chi connectivity index (χ0v) is 16.4. The summed E-state index contributed by atoms with van der Waals surface area (Å²) in [7, 11) is 0. The number of aromatic nitrogens is 2. The molecule has 1 aliphatic heterocycles. The van der Waals surface area contributed by atoms with Gasteiger partial charge in [-0.2, -0.15) is 0 Å². The smallest absolute Gasteiger partial charge is 0.261 e. The number of carbonyl (C=O) groups is 1. The van der Waals surface area contributed by atoms with Crippen LogP contribution in [0.1, 0.15) is 33.5 Å². The highest BCUT2D eigenvalue weighted by Crippen LogP contribution is 2.22. The topological polar surface area (TPSA) is 61.4 Å². The lowest BCUT2D eigenvalue weighted by atomic mass is 10.2. The first-order chi connectivity index (χ1) is 12.7. The molecule has 0 aliphatic carbocycles. The molecule has 3 rings (SSSR count). The molecule has 1 amide bonds. The van der Waals surface area contributed by atoms with Gasteiger partial charge in [0.2, 0.25) is 5.95 Å². The zero-order valence-electron chi connectivity index (χ0n) is 15.6. The van der Waals surface area contributed by atoms with E-state index in [1.165, 1.54) is 10.4 Å². The van der Waals surface area contributed by atoms with Gasteiger partial charge in [-0.05, 0) is 44.0 Å². The number of rotatable bonds is 7. The monoisotopic (exact) mass is 373 g/mol. The van der Waals surface area contributed by atoms with Crippen LogP contribution in [0.3, 0.4) is 0 Å². The summed E-state index contributed by atoms with van der Waals surface area (Å²) in [4.78, 5) is 27.7. The molecule has 1 aliphatic rings. The van der Waals surface area contributed by atoms with Crippen molar-refractivity contribution >= 4 is 23.2 Å². The lowest BCUT2D eigenvalue weighted by Crippen LogP contribution is -2.47. The minimum absolute atomic E-state index is 0.0591. The van der Waals surface area contributed by atoms with Gasteiger partial charge in [-0.3, -0.25) is 9.69 Å². The fourth-order valence-corrected chi connectivity index (χ4v) is 4.23. The first-order valence-corrected chi connectivity index (χ1v) is 10.1. The number of piperazine rings is 1. The van der Waals surface area contributed by atoms with Crippen molar-refractivity contribution in [2.75, 3.05) is 44.2 Å². The van der Waals surface area contributed by atoms with Gasteiger partial charge in [0.15, 0.2) is 0 Å². The van der Waals surface area contributed by atoms with E-state index in [-0.39, 0.29) is 5.91 Å². The minimum Gasteiger partial charge on any atom is -0.351 e. The highest BCUT2D eigenvalue weighted by atomic mass is 32.1. The Kier molecular flexibility index (Phi) is 6.57. The Morgan fingerprint density at radius 2 is 1.96 bits per heavy atom. The molecule has 0 saturated carbocycles. The predicted octanol–water partition coefficient (Wildman–Crippen LogP) is 2.35. The average Bonchev–Trinajstić information content (AvgIpc) is 3.07. The van der Waals surface area contributed by atoms with Crippen molar-refractivity contribution in [2.24, 2.45) is 0 Å². The third-order valence-corrected chi connectivity index (χ3v) is 6.09. The fraction of sp³-hybridized carbons (Fsp3) is 0.526. The maximum Gasteiger partial charge on any atom is 0.261 e. The third-order valence-electron chi connectivity index (χ3n) is 4.71. The van der Waals surface area contributed by atoms with Crippen LogP contribution < -0.4 is 10.2 Å². The summed E-state index contributed by atoms with van der Waals surface area (Å²) in [6, 6.07) is 3.85. The van der Waals surface area contributed by atoms with Crippen molar-refractivity contribution in [1.82, 2.24) is 20.2 Å². The van der Waals surface area contributed by atoms with Gasteiger partial charge in [0.05, 0.1) is 4.88 Å². The van der Waals surface area contributed by atoms with Gasteiger partial charge in [0.1, 0.15) is 0 Å². The Morgan fingerprint density at radius 1 is 1.23 bits per heavy atom. The molecule has 0 aromatic carbocycles. The molecule has 6 nitrogen and oxygen atoms in total. The number of hydrogen-bond acceptors (Lipinski definition) is 6. The summed E-state index contributed by atoms with van der Waals surface area (Å²) in [5.74, 6) is 0.876. The molecule has 26 heavy (non-hydrogen) atoms. The van der Waals surface area contributed by atoms with Crippen molar-refractivity contribution < 1.29 is 4.79 Å². The van der Waals surface area contributed by atoms with Crippen molar-refractivity contribution in [1.29, 1.82) is 0 Å². The molecule has 0 unspecified atom stereocenters. The number of carbonyl (C=O) groups excluding carboxylic acids is 1. The third kappa shape index (κ3) is 4.80. The van der Waals surface area contributed by atoms with E-state index in [1.54, 1.807) is 23.7 Å². The van der Waals surface area contributed by atoms with Crippen LogP contribution in [-0.4, -0.2) is 60.0 Å². The Bertz CT molecular complexity index is 710. The highest BCUT2D eigenvalue weighted by molar-refractivity contribution is 7.14. The van der Waals surface area contributed by atoms with Crippen LogP contribution in [0.25, 0.3) is 0 Å².